The maximum atomic E-state index is 10.1. The number of fused-ring (bicyclic) bond motifs is 8. The Kier molecular flexibility index (Phi) is 19.2. The second-order valence-electron chi connectivity index (χ2n) is 25.2. The first-order valence-electron chi connectivity index (χ1n) is 33.2. The molecule has 0 fully saturated rings. The normalized spacial score (nSPS) is 16.0. The van der Waals surface area contributed by atoms with Crippen LogP contribution in [0.5, 0.6) is 0 Å². The Balaban J connectivity index is 0.816. The van der Waals surface area contributed by atoms with E-state index in [1.54, 1.807) is 11.1 Å². The zero-order valence-electron chi connectivity index (χ0n) is 51.6. The Labute approximate surface area is 510 Å². The number of rotatable bonds is 26. The van der Waals surface area contributed by atoms with Crippen LogP contribution in [0, 0.1) is 22.7 Å². The van der Waals surface area contributed by atoms with Gasteiger partial charge in [0.25, 0.3) is 0 Å². The molecule has 0 atom stereocenters. The van der Waals surface area contributed by atoms with Crippen molar-refractivity contribution in [2.24, 2.45) is 0 Å². The SMILES string of the molecule is CCCCCCC1(CCCCCC)c2ccccc2-c2ccc(N3CCCc4cc(C=CC5=CC(=C(C#N)C#N)C=C(C=Cc6ccc7c(c6)CCCN7c6ccc7c(c6)C(CCCCCC)(CCCCCC)c6ccccc6-7)O5)ccc43)cc21. The van der Waals surface area contributed by atoms with E-state index in [1.807, 2.05) is 24.3 Å². The number of allylic oxidation sites excluding steroid dienone is 6. The van der Waals surface area contributed by atoms with Crippen molar-refractivity contribution in [2.75, 3.05) is 22.9 Å². The first-order chi connectivity index (χ1) is 41.8. The molecule has 0 spiro atoms. The standard InChI is InChI=1S/C80H90N4O/c1-5-9-13-21-45-79(46-22-14-10-6-2)73-31-19-17-29-69(73)71-41-37-65(55-75(71)79)83-49-25-27-61-51-59(35-43-77(61)83)33-39-67-53-63(64(57-81)58-82)54-68(85-67)40-34-60-36-44-78-62(52-60)28-26-50-84(78)66-38-42-72-70-30-18-20-32-74(70)80(76(72)56-66,47-23-15-11-7-3)48-24-16-12-8-4/h17-20,29-44,51-56H,5-16,21-28,45-50H2,1-4H3. The maximum Gasteiger partial charge on any atom is 0.137 e. The van der Waals surface area contributed by atoms with Crippen LogP contribution in [-0.4, -0.2) is 13.1 Å². The molecule has 5 aliphatic rings. The van der Waals surface area contributed by atoms with Crippen molar-refractivity contribution in [3.63, 3.8) is 0 Å². The van der Waals surface area contributed by atoms with Crippen LogP contribution in [0.3, 0.4) is 0 Å². The lowest BCUT2D eigenvalue weighted by Gasteiger charge is -2.35. The highest BCUT2D eigenvalue weighted by Crippen LogP contribution is 2.57. The summed E-state index contributed by atoms with van der Waals surface area (Å²) in [6.07, 6.45) is 41.2. The molecule has 6 aromatic carbocycles. The minimum absolute atomic E-state index is 0.0467. The third-order valence-electron chi connectivity index (χ3n) is 19.6. The van der Waals surface area contributed by atoms with E-state index < -0.39 is 0 Å². The van der Waals surface area contributed by atoms with E-state index >= 15 is 0 Å². The van der Waals surface area contributed by atoms with Crippen molar-refractivity contribution in [3.8, 4) is 34.4 Å². The van der Waals surface area contributed by atoms with Crippen LogP contribution < -0.4 is 9.80 Å². The molecule has 0 saturated carbocycles. The molecular weight excluding hydrogens is 1030 g/mol. The van der Waals surface area contributed by atoms with Gasteiger partial charge in [-0.15, -0.1) is 0 Å². The van der Waals surface area contributed by atoms with Gasteiger partial charge in [0.05, 0.1) is 0 Å². The Morgan fingerprint density at radius 3 is 1.25 bits per heavy atom. The van der Waals surface area contributed by atoms with E-state index in [9.17, 15) is 10.5 Å². The van der Waals surface area contributed by atoms with Crippen molar-refractivity contribution in [1.82, 2.24) is 0 Å². The Hall–Kier alpha value is -7.60. The molecule has 6 aromatic rings. The predicted octanol–water partition coefficient (Wildman–Crippen LogP) is 22.1. The van der Waals surface area contributed by atoms with Crippen molar-refractivity contribution < 1.29 is 4.74 Å². The fraction of sp³-hybridized carbons (Fsp3) is 0.400. The lowest BCUT2D eigenvalue weighted by molar-refractivity contribution is 0.332. The summed E-state index contributed by atoms with van der Waals surface area (Å²) in [6, 6.07) is 51.3. The Morgan fingerprint density at radius 2 is 0.847 bits per heavy atom. The number of unbranched alkanes of at least 4 members (excludes halogenated alkanes) is 12. The number of nitriles is 2. The summed E-state index contributed by atoms with van der Waals surface area (Å²) in [6.45, 7) is 11.2. The van der Waals surface area contributed by atoms with Crippen molar-refractivity contribution in [1.29, 1.82) is 10.5 Å². The molecule has 5 nitrogen and oxygen atoms in total. The lowest BCUT2D eigenvalue weighted by atomic mass is 9.70. The molecule has 11 rings (SSSR count). The molecule has 85 heavy (non-hydrogen) atoms. The highest BCUT2D eigenvalue weighted by atomic mass is 16.5. The Bertz CT molecular complexity index is 3350. The van der Waals surface area contributed by atoms with Crippen molar-refractivity contribution >= 4 is 34.9 Å². The molecule has 3 heterocycles. The van der Waals surface area contributed by atoms with E-state index in [2.05, 4.69) is 183 Å². The molecule has 3 aliphatic heterocycles. The molecule has 2 aliphatic carbocycles. The van der Waals surface area contributed by atoms with Crippen LogP contribution in [0.2, 0.25) is 0 Å². The minimum atomic E-state index is 0.0467. The third kappa shape index (κ3) is 12.4. The number of aryl methyl sites for hydroxylation is 2. The molecule has 0 aromatic heterocycles. The average Bonchev–Trinajstić information content (AvgIpc) is 3.63. The number of nitrogens with zero attached hydrogens (tertiary/aromatic N) is 4. The van der Waals surface area contributed by atoms with Gasteiger partial charge in [0.1, 0.15) is 29.2 Å². The zero-order chi connectivity index (χ0) is 58.6. The van der Waals surface area contributed by atoms with E-state index in [1.165, 1.54) is 196 Å². The van der Waals surface area contributed by atoms with E-state index in [4.69, 9.17) is 4.74 Å². The fourth-order valence-electron chi connectivity index (χ4n) is 15.3. The third-order valence-corrected chi connectivity index (χ3v) is 19.6. The topological polar surface area (TPSA) is 63.3 Å². The summed E-state index contributed by atoms with van der Waals surface area (Å²) < 4.78 is 6.55. The first-order valence-corrected chi connectivity index (χ1v) is 33.2. The highest BCUT2D eigenvalue weighted by molar-refractivity contribution is 5.86. The van der Waals surface area contributed by atoms with Crippen LogP contribution in [0.4, 0.5) is 22.7 Å². The summed E-state index contributed by atoms with van der Waals surface area (Å²) in [5.41, 5.74) is 22.6. The maximum absolute atomic E-state index is 10.1. The summed E-state index contributed by atoms with van der Waals surface area (Å²) >= 11 is 0. The molecular formula is C80H90N4O. The van der Waals surface area contributed by atoms with E-state index in [-0.39, 0.29) is 16.4 Å². The van der Waals surface area contributed by atoms with Crippen LogP contribution in [0.25, 0.3) is 34.4 Å². The molecule has 0 bridgehead atoms. The number of ether oxygens (including phenoxy) is 1. The molecule has 436 valence electrons. The zero-order valence-corrected chi connectivity index (χ0v) is 51.6. The lowest BCUT2D eigenvalue weighted by Crippen LogP contribution is -2.27. The Morgan fingerprint density at radius 1 is 0.447 bits per heavy atom. The molecule has 0 N–H and O–H groups in total. The van der Waals surface area contributed by atoms with Crippen LogP contribution >= 0.6 is 0 Å². The van der Waals surface area contributed by atoms with Crippen molar-refractivity contribution in [3.05, 3.63) is 213 Å². The van der Waals surface area contributed by atoms with Crippen LogP contribution in [0.1, 0.15) is 213 Å². The molecule has 0 radical (unpaired) electrons. The summed E-state index contributed by atoms with van der Waals surface area (Å²) in [5.74, 6) is 1.16. The summed E-state index contributed by atoms with van der Waals surface area (Å²) in [4.78, 5) is 5.13. The fourth-order valence-corrected chi connectivity index (χ4v) is 15.3. The second-order valence-corrected chi connectivity index (χ2v) is 25.2. The monoisotopic (exact) mass is 1120 g/mol. The number of benzene rings is 6. The van der Waals surface area contributed by atoms with Crippen LogP contribution in [0.15, 0.2) is 168 Å². The largest absolute Gasteiger partial charge is 0.457 e. The first kappa shape index (κ1) is 59.1. The molecule has 5 heteroatoms. The number of hydrogen-bond acceptors (Lipinski definition) is 5. The van der Waals surface area contributed by atoms with Gasteiger partial charge in [-0.3, -0.25) is 0 Å². The van der Waals surface area contributed by atoms with E-state index in [0.29, 0.717) is 17.1 Å². The number of anilines is 4. The van der Waals surface area contributed by atoms with Gasteiger partial charge in [-0.05, 0) is 191 Å². The molecule has 0 saturated heterocycles. The van der Waals surface area contributed by atoms with Gasteiger partial charge in [-0.2, -0.15) is 10.5 Å². The van der Waals surface area contributed by atoms with Gasteiger partial charge in [-0.25, -0.2) is 0 Å². The smallest absolute Gasteiger partial charge is 0.137 e. The highest BCUT2D eigenvalue weighted by Gasteiger charge is 2.44. The van der Waals surface area contributed by atoms with Gasteiger partial charge in [0, 0.05) is 52.2 Å². The predicted molar refractivity (Wildman–Crippen MR) is 357 cm³/mol. The summed E-state index contributed by atoms with van der Waals surface area (Å²) in [5, 5.41) is 20.1. The minimum Gasteiger partial charge on any atom is -0.457 e. The van der Waals surface area contributed by atoms with Gasteiger partial charge >= 0.3 is 0 Å². The van der Waals surface area contributed by atoms with Gasteiger partial charge < -0.3 is 14.5 Å². The summed E-state index contributed by atoms with van der Waals surface area (Å²) in [7, 11) is 0. The quantitative estimate of drug-likeness (QED) is 0.0400. The van der Waals surface area contributed by atoms with Crippen molar-refractivity contribution in [2.45, 2.75) is 193 Å². The molecule has 0 amide bonds. The van der Waals surface area contributed by atoms with E-state index in [0.717, 1.165) is 49.9 Å². The average molecular weight is 1120 g/mol. The van der Waals surface area contributed by atoms with Gasteiger partial charge in [-0.1, -0.05) is 215 Å². The second kappa shape index (κ2) is 27.6. The van der Waals surface area contributed by atoms with Gasteiger partial charge in [0.15, 0.2) is 0 Å². The van der Waals surface area contributed by atoms with Gasteiger partial charge in [0.2, 0.25) is 0 Å². The van der Waals surface area contributed by atoms with Crippen LogP contribution in [-0.2, 0) is 28.4 Å². The number of hydrogen-bond donors (Lipinski definition) is 0. The molecule has 0 unspecified atom stereocenters.